The van der Waals surface area contributed by atoms with Crippen LogP contribution in [0, 0.1) is 25.6 Å². The van der Waals surface area contributed by atoms with E-state index in [9.17, 15) is 22.0 Å². The molecule has 0 N–H and O–H groups in total. The van der Waals surface area contributed by atoms with Crippen LogP contribution in [0.25, 0.3) is 0 Å². The van der Waals surface area contributed by atoms with Crippen molar-refractivity contribution in [1.29, 1.82) is 0 Å². The van der Waals surface area contributed by atoms with E-state index < -0.39 is 19.0 Å². The van der Waals surface area contributed by atoms with Crippen LogP contribution in [0.5, 0.6) is 0 Å². The van der Waals surface area contributed by atoms with Crippen LogP contribution < -0.4 is 4.90 Å². The van der Waals surface area contributed by atoms with Crippen molar-refractivity contribution >= 4 is 11.4 Å². The molecule has 0 saturated carbocycles. The molecule has 3 aromatic carbocycles. The van der Waals surface area contributed by atoms with Crippen molar-refractivity contribution < 1.29 is 22.0 Å². The lowest BCUT2D eigenvalue weighted by atomic mass is 9.90. The molecule has 230 valence electrons. The molecule has 2 unspecified atom stereocenters. The monoisotopic (exact) mass is 597 g/mol. The summed E-state index contributed by atoms with van der Waals surface area (Å²) in [6.45, 7) is 9.55. The molecule has 43 heavy (non-hydrogen) atoms. The molecule has 0 radical (unpaired) electrons. The number of aryl methyl sites for hydroxylation is 2. The molecule has 0 bridgehead atoms. The number of allylic oxidation sites excluding steroid dienone is 1. The molecule has 1 aliphatic heterocycles. The van der Waals surface area contributed by atoms with Gasteiger partial charge in [0.2, 0.25) is 0 Å². The highest BCUT2D eigenvalue weighted by Crippen LogP contribution is 2.37. The first-order valence-electron chi connectivity index (χ1n) is 14.8. The second-order valence-corrected chi connectivity index (χ2v) is 11.3. The highest BCUT2D eigenvalue weighted by Gasteiger charge is 2.35. The van der Waals surface area contributed by atoms with Gasteiger partial charge < -0.3 is 0 Å². The van der Waals surface area contributed by atoms with Gasteiger partial charge in [0.15, 0.2) is 0 Å². The molecule has 3 aromatic rings. The number of anilines is 1. The number of alkyl halides is 4. The first kappa shape index (κ1) is 32.4. The fraction of sp³-hybridized carbons (Fsp3) is 0.400. The third-order valence-electron chi connectivity index (χ3n) is 8.40. The zero-order chi connectivity index (χ0) is 31.3. The Kier molecular flexibility index (Phi) is 10.8. The molecule has 1 fully saturated rings. The second-order valence-electron chi connectivity index (χ2n) is 11.3. The normalized spacial score (nSPS) is 16.5. The minimum absolute atomic E-state index is 0.00555. The Morgan fingerprint density at radius 3 is 2.23 bits per heavy atom. The summed E-state index contributed by atoms with van der Waals surface area (Å²) in [5, 5.41) is 0. The van der Waals surface area contributed by atoms with Gasteiger partial charge in [-0.2, -0.15) is 8.78 Å². The van der Waals surface area contributed by atoms with E-state index >= 15 is 0 Å². The van der Waals surface area contributed by atoms with Gasteiger partial charge in [-0.15, -0.1) is 0 Å². The molecule has 0 aromatic heterocycles. The molecule has 4 rings (SSSR count). The summed E-state index contributed by atoms with van der Waals surface area (Å²) in [5.41, 5.74) is 4.70. The maximum absolute atomic E-state index is 14.6. The van der Waals surface area contributed by atoms with E-state index in [1.165, 1.54) is 12.1 Å². The Morgan fingerprint density at radius 2 is 1.65 bits per heavy atom. The quantitative estimate of drug-likeness (QED) is 0.125. The maximum Gasteiger partial charge on any atom is 0.319 e. The summed E-state index contributed by atoms with van der Waals surface area (Å²) < 4.78 is 71.7. The maximum atomic E-state index is 14.6. The van der Waals surface area contributed by atoms with Gasteiger partial charge in [0.1, 0.15) is 5.82 Å². The van der Waals surface area contributed by atoms with Crippen LogP contribution in [0.3, 0.4) is 0 Å². The van der Waals surface area contributed by atoms with E-state index in [-0.39, 0.29) is 17.8 Å². The number of likely N-dealkylation sites (tertiary alicyclic amines) is 1. The Bertz CT molecular complexity index is 1430. The van der Waals surface area contributed by atoms with Gasteiger partial charge in [0.25, 0.3) is 6.43 Å². The number of benzene rings is 3. The fourth-order valence-electron chi connectivity index (χ4n) is 5.83. The first-order chi connectivity index (χ1) is 20.5. The molecular formula is C35H40F5N3. The molecule has 2 atom stereocenters. The number of aliphatic imine (C=N–C) groups is 1. The standard InChI is InChI=1S/C35H40F5N3/c1-6-24(4)41-32(27-11-9-12-29(36)21-27)30-15-14-28(20-23(30)3)33(34(37)38)42-18-16-26(17-19-42)25(5)43(35(39)40)31-13-8-7-10-22(31)2/h7-15,20-21,24,26,33-35H,5-6,16-19H2,1-4H3. The number of nitrogens with zero attached hydrogens (tertiary/aromatic N) is 3. The summed E-state index contributed by atoms with van der Waals surface area (Å²) in [7, 11) is 0. The van der Waals surface area contributed by atoms with Gasteiger partial charge in [-0.3, -0.25) is 14.8 Å². The van der Waals surface area contributed by atoms with E-state index in [0.717, 1.165) is 22.4 Å². The lowest BCUT2D eigenvalue weighted by Crippen LogP contribution is -2.42. The highest BCUT2D eigenvalue weighted by atomic mass is 19.3. The van der Waals surface area contributed by atoms with Gasteiger partial charge in [0.05, 0.1) is 11.8 Å². The van der Waals surface area contributed by atoms with Crippen molar-refractivity contribution in [2.24, 2.45) is 10.9 Å². The summed E-state index contributed by atoms with van der Waals surface area (Å²) in [6.07, 6.45) is -0.962. The third kappa shape index (κ3) is 7.53. The number of para-hydroxylation sites is 1. The Balaban J connectivity index is 1.55. The zero-order valence-corrected chi connectivity index (χ0v) is 25.2. The number of hydrogen-bond acceptors (Lipinski definition) is 3. The van der Waals surface area contributed by atoms with E-state index in [1.807, 2.05) is 20.8 Å². The summed E-state index contributed by atoms with van der Waals surface area (Å²) in [4.78, 5) is 7.55. The molecule has 8 heteroatoms. The number of halogens is 5. The number of hydrogen-bond donors (Lipinski definition) is 0. The molecule has 3 nitrogen and oxygen atoms in total. The largest absolute Gasteiger partial charge is 0.319 e. The van der Waals surface area contributed by atoms with E-state index in [0.29, 0.717) is 59.7 Å². The minimum atomic E-state index is -2.76. The average molecular weight is 598 g/mol. The van der Waals surface area contributed by atoms with Crippen LogP contribution in [0.15, 0.2) is 84.0 Å². The highest BCUT2D eigenvalue weighted by molar-refractivity contribution is 6.13. The molecule has 0 spiro atoms. The van der Waals surface area contributed by atoms with Gasteiger partial charge in [-0.1, -0.05) is 62.0 Å². The molecule has 1 heterocycles. The van der Waals surface area contributed by atoms with E-state index in [2.05, 4.69) is 6.58 Å². The Hall–Kier alpha value is -3.52. The minimum Gasteiger partial charge on any atom is -0.291 e. The summed E-state index contributed by atoms with van der Waals surface area (Å²) in [5.74, 6) is -0.624. The fourth-order valence-corrected chi connectivity index (χ4v) is 5.83. The molecular weight excluding hydrogens is 557 g/mol. The van der Waals surface area contributed by atoms with Crippen LogP contribution >= 0.6 is 0 Å². The van der Waals surface area contributed by atoms with Gasteiger partial charge in [-0.25, -0.2) is 13.2 Å². The van der Waals surface area contributed by atoms with Crippen LogP contribution in [0.2, 0.25) is 0 Å². The number of rotatable bonds is 11. The lowest BCUT2D eigenvalue weighted by Gasteiger charge is -2.40. The third-order valence-corrected chi connectivity index (χ3v) is 8.40. The summed E-state index contributed by atoms with van der Waals surface area (Å²) in [6, 6.07) is 17.3. The SMILES string of the molecule is C=C(C1CCN(C(c2ccc(C(=NC(C)CC)c3cccc(F)c3)c(C)c2)C(F)F)CC1)N(c1ccccc1C)C(F)F. The van der Waals surface area contributed by atoms with Crippen molar-refractivity contribution in [2.75, 3.05) is 18.0 Å². The molecule has 0 aliphatic carbocycles. The van der Waals surface area contributed by atoms with Gasteiger partial charge >= 0.3 is 6.55 Å². The van der Waals surface area contributed by atoms with Crippen LogP contribution in [0.4, 0.5) is 27.6 Å². The second kappa shape index (κ2) is 14.3. The average Bonchev–Trinajstić information content (AvgIpc) is 2.97. The predicted molar refractivity (Wildman–Crippen MR) is 165 cm³/mol. The first-order valence-corrected chi connectivity index (χ1v) is 14.8. The molecule has 1 saturated heterocycles. The predicted octanol–water partition coefficient (Wildman–Crippen LogP) is 9.34. The van der Waals surface area contributed by atoms with Crippen molar-refractivity contribution in [2.45, 2.75) is 72.0 Å². The van der Waals surface area contributed by atoms with Crippen molar-refractivity contribution in [3.63, 3.8) is 0 Å². The Morgan fingerprint density at radius 1 is 0.953 bits per heavy atom. The van der Waals surface area contributed by atoms with E-state index in [1.54, 1.807) is 66.4 Å². The zero-order valence-electron chi connectivity index (χ0n) is 25.2. The van der Waals surface area contributed by atoms with E-state index in [4.69, 9.17) is 4.99 Å². The number of piperidine rings is 1. The van der Waals surface area contributed by atoms with Crippen LogP contribution in [-0.2, 0) is 0 Å². The molecule has 1 aliphatic rings. The van der Waals surface area contributed by atoms with Crippen molar-refractivity contribution in [1.82, 2.24) is 4.90 Å². The lowest BCUT2D eigenvalue weighted by molar-refractivity contribution is 0.00889. The van der Waals surface area contributed by atoms with Crippen LogP contribution in [-0.4, -0.2) is 42.7 Å². The smallest absolute Gasteiger partial charge is 0.291 e. The Labute approximate surface area is 251 Å². The van der Waals surface area contributed by atoms with Gasteiger partial charge in [-0.05, 0) is 88.0 Å². The van der Waals surface area contributed by atoms with Crippen molar-refractivity contribution in [3.05, 3.63) is 113 Å². The van der Waals surface area contributed by atoms with Crippen LogP contribution in [0.1, 0.15) is 67.0 Å². The summed E-state index contributed by atoms with van der Waals surface area (Å²) >= 11 is 0. The topological polar surface area (TPSA) is 18.8 Å². The van der Waals surface area contributed by atoms with Crippen molar-refractivity contribution in [3.8, 4) is 0 Å². The molecule has 0 amide bonds. The van der Waals surface area contributed by atoms with Gasteiger partial charge in [0, 0.05) is 34.5 Å².